The quantitative estimate of drug-likeness (QED) is 0.141. The Bertz CT molecular complexity index is 3730. The summed E-state index contributed by atoms with van der Waals surface area (Å²) in [5, 5.41) is 7.59. The Morgan fingerprint density at radius 3 is 1.38 bits per heavy atom. The number of benzene rings is 10. The van der Waals surface area contributed by atoms with Crippen molar-refractivity contribution in [1.29, 1.82) is 0 Å². The molecule has 0 aliphatic heterocycles. The molecule has 0 radical (unpaired) electrons. The summed E-state index contributed by atoms with van der Waals surface area (Å²) in [6.07, 6.45) is 7.83. The van der Waals surface area contributed by atoms with Crippen LogP contribution >= 0.6 is 0 Å². The van der Waals surface area contributed by atoms with E-state index in [0.29, 0.717) is 5.92 Å². The normalized spacial score (nSPS) is 13.8. The highest BCUT2D eigenvalue weighted by Crippen LogP contribution is 2.47. The van der Waals surface area contributed by atoms with Gasteiger partial charge in [0, 0.05) is 22.4 Å². The van der Waals surface area contributed by atoms with Gasteiger partial charge in [0.2, 0.25) is 0 Å². The molecule has 1 aromatic heterocycles. The van der Waals surface area contributed by atoms with Crippen LogP contribution in [0.25, 0.3) is 116 Å². The molecule has 0 bridgehead atoms. The zero-order chi connectivity index (χ0) is 44.3. The van der Waals surface area contributed by atoms with Gasteiger partial charge in [-0.05, 0) is 145 Å². The molecule has 0 fully saturated rings. The third kappa shape index (κ3) is 6.87. The van der Waals surface area contributed by atoms with Gasteiger partial charge in [0.05, 0.1) is 11.0 Å². The lowest BCUT2D eigenvalue weighted by atomic mass is 9.83. The van der Waals surface area contributed by atoms with E-state index in [0.717, 1.165) is 6.42 Å². The predicted molar refractivity (Wildman–Crippen MR) is 284 cm³/mol. The number of para-hydroxylation sites is 1. The molecule has 11 aromatic rings. The van der Waals surface area contributed by atoms with E-state index in [1.807, 2.05) is 0 Å². The third-order valence-corrected chi connectivity index (χ3v) is 13.9. The Labute approximate surface area is 387 Å². The summed E-state index contributed by atoms with van der Waals surface area (Å²) in [5.74, 6) is 0.462. The van der Waals surface area contributed by atoms with Gasteiger partial charge < -0.3 is 4.57 Å². The highest BCUT2D eigenvalue weighted by atomic mass is 15.0. The summed E-state index contributed by atoms with van der Waals surface area (Å²) in [5.41, 5.74) is 21.1. The maximum absolute atomic E-state index is 2.48. The fourth-order valence-corrected chi connectivity index (χ4v) is 10.6. The fraction of sp³-hybridized carbons (Fsp3) is 0.0769. The van der Waals surface area contributed by atoms with Crippen molar-refractivity contribution in [2.45, 2.75) is 27.2 Å². The van der Waals surface area contributed by atoms with Crippen LogP contribution in [0.15, 0.2) is 224 Å². The molecular formula is C65H49N. The first-order chi connectivity index (χ1) is 32.4. The highest BCUT2D eigenvalue weighted by Gasteiger charge is 2.21. The van der Waals surface area contributed by atoms with E-state index in [4.69, 9.17) is 0 Å². The lowest BCUT2D eigenvalue weighted by Gasteiger charge is -2.20. The van der Waals surface area contributed by atoms with Crippen LogP contribution in [-0.4, -0.2) is 4.57 Å². The van der Waals surface area contributed by atoms with Crippen LogP contribution < -0.4 is 0 Å². The molecule has 1 nitrogen and oxygen atoms in total. The lowest BCUT2D eigenvalue weighted by Crippen LogP contribution is -2.07. The molecular weight excluding hydrogens is 795 g/mol. The Morgan fingerprint density at radius 2 is 0.788 bits per heavy atom. The van der Waals surface area contributed by atoms with Gasteiger partial charge in [-0.3, -0.25) is 0 Å². The molecule has 1 heterocycles. The molecule has 1 atom stereocenters. The van der Waals surface area contributed by atoms with E-state index >= 15 is 0 Å². The first-order valence-corrected chi connectivity index (χ1v) is 23.3. The number of hydrogen-bond donors (Lipinski definition) is 0. The van der Waals surface area contributed by atoms with E-state index in [-0.39, 0.29) is 0 Å². The van der Waals surface area contributed by atoms with Gasteiger partial charge >= 0.3 is 0 Å². The molecule has 0 saturated heterocycles. The van der Waals surface area contributed by atoms with E-state index in [2.05, 4.69) is 250 Å². The average Bonchev–Trinajstić information content (AvgIpc) is 3.69. The number of aryl methyl sites for hydroxylation is 2. The summed E-state index contributed by atoms with van der Waals surface area (Å²) in [7, 11) is 0. The summed E-state index contributed by atoms with van der Waals surface area (Å²) in [6.45, 7) is 6.67. The second kappa shape index (κ2) is 16.2. The minimum Gasteiger partial charge on any atom is -0.313 e. The highest BCUT2D eigenvalue weighted by molar-refractivity contribution is 6.22. The van der Waals surface area contributed by atoms with Gasteiger partial charge in [-0.1, -0.05) is 206 Å². The molecule has 1 aliphatic rings. The van der Waals surface area contributed by atoms with Crippen molar-refractivity contribution < 1.29 is 0 Å². The minimum absolute atomic E-state index is 0.462. The minimum atomic E-state index is 0.462. The zero-order valence-corrected chi connectivity index (χ0v) is 37.6. The predicted octanol–water partition coefficient (Wildman–Crippen LogP) is 18.2. The molecule has 12 rings (SSSR count). The van der Waals surface area contributed by atoms with Crippen molar-refractivity contribution in [1.82, 2.24) is 4.57 Å². The van der Waals surface area contributed by atoms with Crippen LogP contribution in [-0.2, 0) is 0 Å². The largest absolute Gasteiger partial charge is 0.313 e. The second-order valence-corrected chi connectivity index (χ2v) is 18.3. The summed E-state index contributed by atoms with van der Waals surface area (Å²) < 4.78 is 2.48. The average molecular weight is 844 g/mol. The van der Waals surface area contributed by atoms with E-state index in [9.17, 15) is 0 Å². The summed E-state index contributed by atoms with van der Waals surface area (Å²) >= 11 is 0. The Kier molecular flexibility index (Phi) is 9.72. The lowest BCUT2D eigenvalue weighted by molar-refractivity contribution is 0.725. The van der Waals surface area contributed by atoms with Gasteiger partial charge in [0.15, 0.2) is 0 Å². The first kappa shape index (κ1) is 39.6. The molecule has 0 N–H and O–H groups in total. The zero-order valence-electron chi connectivity index (χ0n) is 37.6. The third-order valence-electron chi connectivity index (χ3n) is 13.9. The number of rotatable bonds is 7. The van der Waals surface area contributed by atoms with Gasteiger partial charge in [-0.15, -0.1) is 0 Å². The van der Waals surface area contributed by atoms with Gasteiger partial charge in [-0.2, -0.15) is 0 Å². The van der Waals surface area contributed by atoms with Crippen LogP contribution in [0.3, 0.4) is 0 Å². The van der Waals surface area contributed by atoms with E-state index in [1.165, 1.54) is 127 Å². The molecule has 0 saturated carbocycles. The molecule has 66 heavy (non-hydrogen) atoms. The molecule has 0 amide bonds. The van der Waals surface area contributed by atoms with E-state index in [1.54, 1.807) is 0 Å². The van der Waals surface area contributed by atoms with Crippen LogP contribution in [0.1, 0.15) is 24.5 Å². The van der Waals surface area contributed by atoms with Crippen LogP contribution in [0.5, 0.6) is 0 Å². The topological polar surface area (TPSA) is 4.93 Å². The van der Waals surface area contributed by atoms with Crippen molar-refractivity contribution in [3.63, 3.8) is 0 Å². The smallest absolute Gasteiger partial charge is 0.0538 e. The molecule has 10 aromatic carbocycles. The molecule has 1 aliphatic carbocycles. The Balaban J connectivity index is 0.967. The van der Waals surface area contributed by atoms with Crippen LogP contribution in [0.4, 0.5) is 0 Å². The Hall–Kier alpha value is -8.00. The summed E-state index contributed by atoms with van der Waals surface area (Å²) in [4.78, 5) is 0. The van der Waals surface area contributed by atoms with Crippen LogP contribution in [0, 0.1) is 19.8 Å². The van der Waals surface area contributed by atoms with Crippen molar-refractivity contribution in [3.8, 4) is 66.8 Å². The first-order valence-electron chi connectivity index (χ1n) is 23.3. The molecule has 1 heteroatoms. The molecule has 314 valence electrons. The van der Waals surface area contributed by atoms with Crippen molar-refractivity contribution in [2.24, 2.45) is 5.92 Å². The standard InChI is InChI=1S/C65H49N/c1-42-13-11-18-50(37-42)53-32-35-57-59(40-53)64(48-16-5-4-6-17-48)56-34-31-54(51-19-12-14-43(2)38-51)41-60(56)65(57)49-29-27-46(28-30-49)45-23-25-47(26-24-45)52-33-36-63-58(39-52)55-20-8-10-22-62(55)66(63)61-21-9-7-15-44(61)3/h4-14,16-41,44H,15H2,1-3H3/t44-/m0/s1. The van der Waals surface area contributed by atoms with Crippen molar-refractivity contribution in [2.75, 3.05) is 0 Å². The summed E-state index contributed by atoms with van der Waals surface area (Å²) in [6, 6.07) is 77.0. The van der Waals surface area contributed by atoms with Crippen molar-refractivity contribution in [3.05, 3.63) is 236 Å². The number of aromatic nitrogens is 1. The van der Waals surface area contributed by atoms with Crippen LogP contribution in [0.2, 0.25) is 0 Å². The Morgan fingerprint density at radius 1 is 0.348 bits per heavy atom. The SMILES string of the molecule is Cc1cccc(-c2ccc3c(-c4ccc(-c5ccc(-c6ccc7c(c6)c6ccccc6n7C6=CC=CC[C@@H]6C)cc5)cc4)c4cc(-c5cccc(C)c5)ccc4c(-c4ccccc4)c3c2)c1. The molecule has 0 spiro atoms. The molecule has 0 unspecified atom stereocenters. The van der Waals surface area contributed by atoms with Gasteiger partial charge in [0.25, 0.3) is 0 Å². The fourth-order valence-electron chi connectivity index (χ4n) is 10.6. The number of hydrogen-bond acceptors (Lipinski definition) is 0. The maximum atomic E-state index is 2.48. The van der Waals surface area contributed by atoms with Crippen molar-refractivity contribution >= 4 is 49.0 Å². The second-order valence-electron chi connectivity index (χ2n) is 18.3. The number of fused-ring (bicyclic) bond motifs is 5. The van der Waals surface area contributed by atoms with Gasteiger partial charge in [-0.25, -0.2) is 0 Å². The monoisotopic (exact) mass is 843 g/mol. The maximum Gasteiger partial charge on any atom is 0.0538 e. The number of allylic oxidation sites excluding steroid dienone is 4. The van der Waals surface area contributed by atoms with Gasteiger partial charge in [0.1, 0.15) is 0 Å². The van der Waals surface area contributed by atoms with E-state index < -0.39 is 0 Å². The number of nitrogens with zero attached hydrogens (tertiary/aromatic N) is 1.